The molecule has 0 bridgehead atoms. The minimum Gasteiger partial charge on any atom is -0.384 e. The van der Waals surface area contributed by atoms with Gasteiger partial charge in [-0.3, -0.25) is 0 Å². The predicted molar refractivity (Wildman–Crippen MR) is 71.4 cm³/mol. The molecule has 0 saturated heterocycles. The summed E-state index contributed by atoms with van der Waals surface area (Å²) in [5, 5.41) is 7.01. The van der Waals surface area contributed by atoms with Crippen LogP contribution in [0.2, 0.25) is 0 Å². The van der Waals surface area contributed by atoms with Crippen molar-refractivity contribution in [2.45, 2.75) is 32.4 Å². The maximum absolute atomic E-state index is 5.21. The van der Waals surface area contributed by atoms with Gasteiger partial charge in [0.25, 0.3) is 0 Å². The van der Waals surface area contributed by atoms with Crippen LogP contribution in [0, 0.1) is 0 Å². The topological polar surface area (TPSA) is 33.3 Å². The Labute approximate surface area is 104 Å². The highest BCUT2D eigenvalue weighted by Gasteiger charge is 2.18. The first kappa shape index (κ1) is 12.4. The molecule has 3 heteroatoms. The van der Waals surface area contributed by atoms with Crippen molar-refractivity contribution in [2.24, 2.45) is 0 Å². The van der Waals surface area contributed by atoms with Crippen LogP contribution in [-0.2, 0) is 17.7 Å². The summed E-state index contributed by atoms with van der Waals surface area (Å²) in [6.07, 6.45) is 1.14. The minimum absolute atomic E-state index is 0.01000. The molecule has 2 N–H and O–H groups in total. The fourth-order valence-corrected chi connectivity index (χ4v) is 2.30. The second-order valence-corrected chi connectivity index (χ2v) is 5.30. The van der Waals surface area contributed by atoms with Crippen molar-refractivity contribution in [1.29, 1.82) is 0 Å². The number of anilines is 1. The SMILES string of the molecule is COCC(C)(C)NCc1cccc2c1NCC2. The molecule has 0 fully saturated rings. The van der Waals surface area contributed by atoms with Crippen LogP contribution < -0.4 is 10.6 Å². The second kappa shape index (κ2) is 5.07. The van der Waals surface area contributed by atoms with E-state index in [1.807, 2.05) is 0 Å². The Balaban J connectivity index is 2.02. The largest absolute Gasteiger partial charge is 0.384 e. The zero-order valence-electron chi connectivity index (χ0n) is 11.0. The van der Waals surface area contributed by atoms with Crippen molar-refractivity contribution in [1.82, 2.24) is 5.32 Å². The molecule has 2 rings (SSSR count). The van der Waals surface area contributed by atoms with Crippen LogP contribution in [0.1, 0.15) is 25.0 Å². The molecule has 17 heavy (non-hydrogen) atoms. The van der Waals surface area contributed by atoms with Gasteiger partial charge in [0.15, 0.2) is 0 Å². The summed E-state index contributed by atoms with van der Waals surface area (Å²) in [5.74, 6) is 0. The summed E-state index contributed by atoms with van der Waals surface area (Å²) in [6.45, 7) is 6.98. The number of fused-ring (bicyclic) bond motifs is 1. The van der Waals surface area contributed by atoms with Gasteiger partial charge in [0.05, 0.1) is 6.61 Å². The van der Waals surface area contributed by atoms with Gasteiger partial charge in [-0.15, -0.1) is 0 Å². The highest BCUT2D eigenvalue weighted by Crippen LogP contribution is 2.26. The summed E-state index contributed by atoms with van der Waals surface area (Å²) in [6, 6.07) is 6.54. The van der Waals surface area contributed by atoms with Gasteiger partial charge in [-0.25, -0.2) is 0 Å². The molecular formula is C14H22N2O. The molecule has 1 aliphatic rings. The smallest absolute Gasteiger partial charge is 0.0639 e. The predicted octanol–water partition coefficient (Wildman–Crippen LogP) is 2.17. The number of para-hydroxylation sites is 1. The van der Waals surface area contributed by atoms with Crippen LogP contribution in [0.3, 0.4) is 0 Å². The Kier molecular flexibility index (Phi) is 3.69. The normalized spacial score (nSPS) is 14.5. The van der Waals surface area contributed by atoms with Crippen molar-refractivity contribution in [3.8, 4) is 0 Å². The first-order valence-electron chi connectivity index (χ1n) is 6.21. The molecule has 0 radical (unpaired) electrons. The van der Waals surface area contributed by atoms with Crippen molar-refractivity contribution < 1.29 is 4.74 Å². The van der Waals surface area contributed by atoms with Crippen LogP contribution in [0.15, 0.2) is 18.2 Å². The average molecular weight is 234 g/mol. The van der Waals surface area contributed by atoms with E-state index in [9.17, 15) is 0 Å². The van der Waals surface area contributed by atoms with Gasteiger partial charge in [0, 0.05) is 31.4 Å². The zero-order chi connectivity index (χ0) is 12.3. The average Bonchev–Trinajstić information content (AvgIpc) is 2.74. The second-order valence-electron chi connectivity index (χ2n) is 5.30. The molecule has 0 spiro atoms. The molecule has 94 valence electrons. The molecule has 0 atom stereocenters. The van der Waals surface area contributed by atoms with Crippen LogP contribution in [-0.4, -0.2) is 25.8 Å². The molecule has 1 aromatic carbocycles. The van der Waals surface area contributed by atoms with E-state index in [1.165, 1.54) is 16.8 Å². The first-order chi connectivity index (χ1) is 8.12. The number of ether oxygens (including phenoxy) is 1. The Bertz CT molecular complexity index is 388. The summed E-state index contributed by atoms with van der Waals surface area (Å²) in [4.78, 5) is 0. The van der Waals surface area contributed by atoms with Gasteiger partial charge in [0.2, 0.25) is 0 Å². The fraction of sp³-hybridized carbons (Fsp3) is 0.571. The quantitative estimate of drug-likeness (QED) is 0.819. The Morgan fingerprint density at radius 3 is 3.00 bits per heavy atom. The van der Waals surface area contributed by atoms with E-state index in [2.05, 4.69) is 42.7 Å². The van der Waals surface area contributed by atoms with E-state index in [4.69, 9.17) is 4.74 Å². The van der Waals surface area contributed by atoms with Crippen LogP contribution in [0.5, 0.6) is 0 Å². The summed E-state index contributed by atoms with van der Waals surface area (Å²) >= 11 is 0. The number of methoxy groups -OCH3 is 1. The molecule has 1 aliphatic heterocycles. The third-order valence-electron chi connectivity index (χ3n) is 3.20. The van der Waals surface area contributed by atoms with E-state index >= 15 is 0 Å². The Morgan fingerprint density at radius 2 is 2.24 bits per heavy atom. The third-order valence-corrected chi connectivity index (χ3v) is 3.20. The number of nitrogens with one attached hydrogen (secondary N) is 2. The zero-order valence-corrected chi connectivity index (χ0v) is 11.0. The van der Waals surface area contributed by atoms with E-state index in [-0.39, 0.29) is 5.54 Å². The number of rotatable bonds is 5. The van der Waals surface area contributed by atoms with Gasteiger partial charge in [0.1, 0.15) is 0 Å². The fourth-order valence-electron chi connectivity index (χ4n) is 2.30. The molecule has 0 aromatic heterocycles. The standard InChI is InChI=1S/C14H22N2O/c1-14(2,10-17-3)16-9-12-6-4-5-11-7-8-15-13(11)12/h4-6,15-16H,7-10H2,1-3H3. The molecular weight excluding hydrogens is 212 g/mol. The molecule has 3 nitrogen and oxygen atoms in total. The Morgan fingerprint density at radius 1 is 1.41 bits per heavy atom. The lowest BCUT2D eigenvalue weighted by molar-refractivity contribution is 0.128. The monoisotopic (exact) mass is 234 g/mol. The first-order valence-corrected chi connectivity index (χ1v) is 6.21. The summed E-state index contributed by atoms with van der Waals surface area (Å²) in [5.41, 5.74) is 4.13. The molecule has 0 aliphatic carbocycles. The molecule has 0 saturated carbocycles. The van der Waals surface area contributed by atoms with Crippen molar-refractivity contribution in [2.75, 3.05) is 25.6 Å². The van der Waals surface area contributed by atoms with Gasteiger partial charge >= 0.3 is 0 Å². The number of hydrogen-bond donors (Lipinski definition) is 2. The molecule has 0 amide bonds. The number of hydrogen-bond acceptors (Lipinski definition) is 3. The van der Waals surface area contributed by atoms with Crippen LogP contribution in [0.4, 0.5) is 5.69 Å². The van der Waals surface area contributed by atoms with E-state index in [0.717, 1.165) is 26.1 Å². The number of benzene rings is 1. The summed E-state index contributed by atoms with van der Waals surface area (Å²) in [7, 11) is 1.74. The summed E-state index contributed by atoms with van der Waals surface area (Å²) < 4.78 is 5.21. The van der Waals surface area contributed by atoms with E-state index in [1.54, 1.807) is 7.11 Å². The molecule has 1 heterocycles. The van der Waals surface area contributed by atoms with Crippen LogP contribution in [0.25, 0.3) is 0 Å². The van der Waals surface area contributed by atoms with E-state index < -0.39 is 0 Å². The van der Waals surface area contributed by atoms with Crippen molar-refractivity contribution >= 4 is 5.69 Å². The highest BCUT2D eigenvalue weighted by molar-refractivity contribution is 5.61. The van der Waals surface area contributed by atoms with Gasteiger partial charge in [-0.1, -0.05) is 18.2 Å². The molecule has 0 unspecified atom stereocenters. The maximum atomic E-state index is 5.21. The van der Waals surface area contributed by atoms with Crippen LogP contribution >= 0.6 is 0 Å². The van der Waals surface area contributed by atoms with Gasteiger partial charge in [-0.2, -0.15) is 0 Å². The van der Waals surface area contributed by atoms with Gasteiger partial charge in [-0.05, 0) is 31.4 Å². The lowest BCUT2D eigenvalue weighted by Gasteiger charge is -2.26. The third kappa shape index (κ3) is 2.99. The van der Waals surface area contributed by atoms with Gasteiger partial charge < -0.3 is 15.4 Å². The van der Waals surface area contributed by atoms with Crippen molar-refractivity contribution in [3.05, 3.63) is 29.3 Å². The van der Waals surface area contributed by atoms with Crippen molar-refractivity contribution in [3.63, 3.8) is 0 Å². The lowest BCUT2D eigenvalue weighted by Crippen LogP contribution is -2.42. The van der Waals surface area contributed by atoms with E-state index in [0.29, 0.717) is 0 Å². The Hall–Kier alpha value is -1.06. The lowest BCUT2D eigenvalue weighted by atomic mass is 10.0. The highest BCUT2D eigenvalue weighted by atomic mass is 16.5. The maximum Gasteiger partial charge on any atom is 0.0639 e. The minimum atomic E-state index is 0.01000. The molecule has 1 aromatic rings.